The minimum atomic E-state index is 0. The average Bonchev–Trinajstić information content (AvgIpc) is 2.28. The number of nitrogens with zero attached hydrogens (tertiary/aromatic N) is 2. The van der Waals surface area contributed by atoms with Crippen LogP contribution in [0.4, 0.5) is 5.95 Å². The molecule has 0 aromatic carbocycles. The molecule has 1 aromatic rings. The Morgan fingerprint density at radius 2 is 2.44 bits per heavy atom. The number of piperidine rings is 1. The van der Waals surface area contributed by atoms with E-state index in [1.165, 1.54) is 12.8 Å². The molecule has 1 saturated heterocycles. The Morgan fingerprint density at radius 3 is 3.12 bits per heavy atom. The van der Waals surface area contributed by atoms with Crippen LogP contribution < -0.4 is 10.6 Å². The van der Waals surface area contributed by atoms with Crippen molar-refractivity contribution in [3.8, 4) is 0 Å². The number of hydrogen-bond acceptors (Lipinski definition) is 4. The maximum absolute atomic E-state index is 5.76. The van der Waals surface area contributed by atoms with Crippen molar-refractivity contribution in [2.24, 2.45) is 5.92 Å². The molecule has 1 aliphatic heterocycles. The Morgan fingerprint density at radius 1 is 1.56 bits per heavy atom. The van der Waals surface area contributed by atoms with E-state index >= 15 is 0 Å². The lowest BCUT2D eigenvalue weighted by Crippen LogP contribution is -2.33. The first-order chi connectivity index (χ1) is 7.34. The van der Waals surface area contributed by atoms with Crippen molar-refractivity contribution in [2.75, 3.05) is 25.0 Å². The van der Waals surface area contributed by atoms with Gasteiger partial charge in [-0.05, 0) is 37.9 Å². The van der Waals surface area contributed by atoms with Gasteiger partial charge in [-0.1, -0.05) is 11.6 Å². The molecule has 2 N–H and O–H groups in total. The third-order valence-electron chi connectivity index (χ3n) is 2.57. The van der Waals surface area contributed by atoms with Crippen molar-refractivity contribution < 1.29 is 0 Å². The first-order valence-corrected chi connectivity index (χ1v) is 5.65. The lowest BCUT2D eigenvalue weighted by molar-refractivity contribution is 0.392. The van der Waals surface area contributed by atoms with Gasteiger partial charge in [0.15, 0.2) is 0 Å². The molecule has 1 aliphatic rings. The fourth-order valence-electron chi connectivity index (χ4n) is 1.76. The Bertz CT molecular complexity index is 315. The third kappa shape index (κ3) is 4.12. The number of hydrogen-bond donors (Lipinski definition) is 2. The lowest BCUT2D eigenvalue weighted by atomic mass is 10.00. The van der Waals surface area contributed by atoms with Gasteiger partial charge in [-0.25, -0.2) is 9.97 Å². The van der Waals surface area contributed by atoms with Crippen LogP contribution in [0, 0.1) is 5.92 Å². The molecule has 1 fully saturated rings. The summed E-state index contributed by atoms with van der Waals surface area (Å²) in [5.41, 5.74) is 0. The lowest BCUT2D eigenvalue weighted by Gasteiger charge is -2.22. The molecule has 0 radical (unpaired) electrons. The predicted octanol–water partition coefficient (Wildman–Crippen LogP) is 1.96. The van der Waals surface area contributed by atoms with Gasteiger partial charge in [0.1, 0.15) is 5.15 Å². The monoisotopic (exact) mass is 262 g/mol. The molecule has 1 atom stereocenters. The van der Waals surface area contributed by atoms with Crippen molar-refractivity contribution in [3.05, 3.63) is 17.4 Å². The van der Waals surface area contributed by atoms with E-state index in [2.05, 4.69) is 20.6 Å². The van der Waals surface area contributed by atoms with E-state index in [1.54, 1.807) is 12.3 Å². The highest BCUT2D eigenvalue weighted by atomic mass is 35.5. The maximum atomic E-state index is 5.76. The summed E-state index contributed by atoms with van der Waals surface area (Å²) >= 11 is 5.76. The van der Waals surface area contributed by atoms with E-state index in [0.29, 0.717) is 17.0 Å². The highest BCUT2D eigenvalue weighted by Gasteiger charge is 2.12. The second-order valence-electron chi connectivity index (χ2n) is 3.80. The van der Waals surface area contributed by atoms with Crippen LogP contribution in [0.5, 0.6) is 0 Å². The smallest absolute Gasteiger partial charge is 0.224 e. The molecule has 1 unspecified atom stereocenters. The van der Waals surface area contributed by atoms with E-state index in [1.807, 2.05) is 0 Å². The first-order valence-electron chi connectivity index (χ1n) is 5.28. The molecule has 2 rings (SSSR count). The molecule has 0 spiro atoms. The van der Waals surface area contributed by atoms with Gasteiger partial charge in [0, 0.05) is 12.7 Å². The summed E-state index contributed by atoms with van der Waals surface area (Å²) in [6, 6.07) is 1.68. The molecular weight excluding hydrogens is 247 g/mol. The molecule has 16 heavy (non-hydrogen) atoms. The van der Waals surface area contributed by atoms with E-state index in [0.717, 1.165) is 19.6 Å². The van der Waals surface area contributed by atoms with Gasteiger partial charge in [0.25, 0.3) is 0 Å². The van der Waals surface area contributed by atoms with Gasteiger partial charge in [0.2, 0.25) is 5.95 Å². The topological polar surface area (TPSA) is 49.8 Å². The molecule has 0 saturated carbocycles. The van der Waals surface area contributed by atoms with Crippen LogP contribution in [0.15, 0.2) is 12.3 Å². The molecular formula is C10H16Cl2N4. The van der Waals surface area contributed by atoms with Gasteiger partial charge < -0.3 is 10.6 Å². The van der Waals surface area contributed by atoms with E-state index in [-0.39, 0.29) is 12.4 Å². The van der Waals surface area contributed by atoms with E-state index in [9.17, 15) is 0 Å². The molecule has 0 bridgehead atoms. The number of halogens is 2. The van der Waals surface area contributed by atoms with Crippen LogP contribution in [0.3, 0.4) is 0 Å². The molecule has 2 heterocycles. The van der Waals surface area contributed by atoms with Gasteiger partial charge in [0.05, 0.1) is 0 Å². The quantitative estimate of drug-likeness (QED) is 0.818. The average molecular weight is 263 g/mol. The summed E-state index contributed by atoms with van der Waals surface area (Å²) in [6.07, 6.45) is 4.18. The van der Waals surface area contributed by atoms with Crippen LogP contribution in [-0.4, -0.2) is 29.6 Å². The fraction of sp³-hybridized carbons (Fsp3) is 0.600. The van der Waals surface area contributed by atoms with Crippen molar-refractivity contribution in [3.63, 3.8) is 0 Å². The Kier molecular flexibility index (Phi) is 5.80. The first kappa shape index (κ1) is 13.5. The predicted molar refractivity (Wildman–Crippen MR) is 68.4 cm³/mol. The maximum Gasteiger partial charge on any atom is 0.224 e. The summed E-state index contributed by atoms with van der Waals surface area (Å²) in [4.78, 5) is 8.18. The second kappa shape index (κ2) is 6.89. The highest BCUT2D eigenvalue weighted by molar-refractivity contribution is 6.29. The minimum absolute atomic E-state index is 0. The van der Waals surface area contributed by atoms with Crippen molar-refractivity contribution >= 4 is 30.0 Å². The number of nitrogens with one attached hydrogen (secondary N) is 2. The van der Waals surface area contributed by atoms with Crippen molar-refractivity contribution in [2.45, 2.75) is 12.8 Å². The van der Waals surface area contributed by atoms with Gasteiger partial charge in [-0.2, -0.15) is 0 Å². The summed E-state index contributed by atoms with van der Waals surface area (Å²) in [5.74, 6) is 1.29. The van der Waals surface area contributed by atoms with Crippen molar-refractivity contribution in [1.29, 1.82) is 0 Å². The van der Waals surface area contributed by atoms with Crippen LogP contribution >= 0.6 is 24.0 Å². The molecule has 6 heteroatoms. The minimum Gasteiger partial charge on any atom is -0.354 e. The number of anilines is 1. The van der Waals surface area contributed by atoms with Crippen molar-refractivity contribution in [1.82, 2.24) is 15.3 Å². The summed E-state index contributed by atoms with van der Waals surface area (Å²) in [6.45, 7) is 3.13. The fourth-order valence-corrected chi connectivity index (χ4v) is 1.89. The van der Waals surface area contributed by atoms with Crippen LogP contribution in [0.25, 0.3) is 0 Å². The Labute approximate surface area is 107 Å². The molecule has 1 aromatic heterocycles. The normalized spacial score (nSPS) is 19.9. The summed E-state index contributed by atoms with van der Waals surface area (Å²) in [5, 5.41) is 7.06. The molecule has 0 amide bonds. The largest absolute Gasteiger partial charge is 0.354 e. The summed E-state index contributed by atoms with van der Waals surface area (Å²) < 4.78 is 0. The van der Waals surface area contributed by atoms with Crippen LogP contribution in [-0.2, 0) is 0 Å². The zero-order valence-electron chi connectivity index (χ0n) is 8.95. The SMILES string of the molecule is Cl.Clc1ccnc(NCC2CCCNC2)n1. The standard InChI is InChI=1S/C10H15ClN4.ClH/c11-9-3-5-13-10(15-9)14-7-8-2-1-4-12-6-8;/h3,5,8,12H,1-2,4,6-7H2,(H,13,14,15);1H. The Balaban J connectivity index is 0.00000128. The zero-order chi connectivity index (χ0) is 10.5. The number of rotatable bonds is 3. The zero-order valence-corrected chi connectivity index (χ0v) is 10.5. The van der Waals surface area contributed by atoms with E-state index in [4.69, 9.17) is 11.6 Å². The molecule has 90 valence electrons. The number of aromatic nitrogens is 2. The van der Waals surface area contributed by atoms with Gasteiger partial charge >= 0.3 is 0 Å². The third-order valence-corrected chi connectivity index (χ3v) is 2.78. The van der Waals surface area contributed by atoms with Crippen LogP contribution in [0.2, 0.25) is 5.15 Å². The second-order valence-corrected chi connectivity index (χ2v) is 4.18. The Hall–Kier alpha value is -0.580. The van der Waals surface area contributed by atoms with E-state index < -0.39 is 0 Å². The van der Waals surface area contributed by atoms with Gasteiger partial charge in [-0.3, -0.25) is 0 Å². The van der Waals surface area contributed by atoms with Gasteiger partial charge in [-0.15, -0.1) is 12.4 Å². The molecule has 0 aliphatic carbocycles. The van der Waals surface area contributed by atoms with Crippen LogP contribution in [0.1, 0.15) is 12.8 Å². The summed E-state index contributed by atoms with van der Waals surface area (Å²) in [7, 11) is 0. The highest BCUT2D eigenvalue weighted by Crippen LogP contribution is 2.11. The molecule has 4 nitrogen and oxygen atoms in total.